The molecule has 1 aromatic rings. The highest BCUT2D eigenvalue weighted by Crippen LogP contribution is 2.37. The number of benzene rings is 1. The number of hydrogen-bond acceptors (Lipinski definition) is 3. The van der Waals surface area contributed by atoms with Crippen LogP contribution < -0.4 is 0 Å². The first-order valence-electron chi connectivity index (χ1n) is 8.17. The lowest BCUT2D eigenvalue weighted by Gasteiger charge is -2.42. The van der Waals surface area contributed by atoms with E-state index < -0.39 is 23.3 Å². The molecule has 0 unspecified atom stereocenters. The number of aliphatic hydroxyl groups excluding tert-OH is 1. The zero-order chi connectivity index (χ0) is 18.1. The van der Waals surface area contributed by atoms with Crippen LogP contribution in [0.2, 0.25) is 0 Å². The van der Waals surface area contributed by atoms with Gasteiger partial charge in [-0.3, -0.25) is 0 Å². The van der Waals surface area contributed by atoms with Crippen molar-refractivity contribution in [2.45, 2.75) is 51.7 Å². The third-order valence-corrected chi connectivity index (χ3v) is 4.36. The summed E-state index contributed by atoms with van der Waals surface area (Å²) in [5.74, 6) is -2.18. The van der Waals surface area contributed by atoms with Crippen molar-refractivity contribution >= 4 is 6.09 Å². The summed E-state index contributed by atoms with van der Waals surface area (Å²) in [6.07, 6.45) is 0.132. The normalized spacial score (nSPS) is 24.8. The Morgan fingerprint density at radius 1 is 1.33 bits per heavy atom. The van der Waals surface area contributed by atoms with Crippen molar-refractivity contribution in [3.63, 3.8) is 0 Å². The van der Waals surface area contributed by atoms with E-state index in [-0.39, 0.29) is 24.5 Å². The zero-order valence-electron chi connectivity index (χ0n) is 14.6. The Bertz CT molecular complexity index is 600. The largest absolute Gasteiger partial charge is 0.444 e. The average Bonchev–Trinajstić information content (AvgIpc) is 2.48. The molecule has 0 aliphatic carbocycles. The Morgan fingerprint density at radius 3 is 2.54 bits per heavy atom. The Balaban J connectivity index is 2.18. The second-order valence-corrected chi connectivity index (χ2v) is 7.44. The number of carbonyl (C=O) groups is 1. The minimum absolute atomic E-state index is 0.124. The molecule has 1 N–H and O–H groups in total. The molecule has 2 rings (SSSR count). The molecular weight excluding hydrogens is 316 g/mol. The standard InChI is InChI=1S/C18H25F2NO3/c1-11-7-14(12-5-6-15(19)16(20)8-12)13(10-22)9-21(11)17(23)24-18(2,3)4/h5-6,8,11,13-14,22H,7,9-10H2,1-4H3/t11-,13+,14+/m0/s1. The highest BCUT2D eigenvalue weighted by Gasteiger charge is 2.38. The summed E-state index contributed by atoms with van der Waals surface area (Å²) >= 11 is 0. The summed E-state index contributed by atoms with van der Waals surface area (Å²) in [5.41, 5.74) is 0.0475. The van der Waals surface area contributed by atoms with Gasteiger partial charge < -0.3 is 14.7 Å². The first-order valence-corrected chi connectivity index (χ1v) is 8.17. The summed E-state index contributed by atoms with van der Waals surface area (Å²) in [6, 6.07) is 3.70. The lowest BCUT2D eigenvalue weighted by molar-refractivity contribution is -0.00303. The topological polar surface area (TPSA) is 49.8 Å². The van der Waals surface area contributed by atoms with E-state index >= 15 is 0 Å². The average molecular weight is 341 g/mol. The molecule has 3 atom stereocenters. The van der Waals surface area contributed by atoms with Gasteiger partial charge in [-0.1, -0.05) is 6.07 Å². The summed E-state index contributed by atoms with van der Waals surface area (Å²) in [4.78, 5) is 13.9. The predicted octanol–water partition coefficient (Wildman–Crippen LogP) is 3.69. The predicted molar refractivity (Wildman–Crippen MR) is 86.7 cm³/mol. The van der Waals surface area contributed by atoms with Gasteiger partial charge in [0.15, 0.2) is 11.6 Å². The maximum Gasteiger partial charge on any atom is 0.410 e. The summed E-state index contributed by atoms with van der Waals surface area (Å²) in [5, 5.41) is 9.72. The molecule has 0 spiro atoms. The van der Waals surface area contributed by atoms with Crippen molar-refractivity contribution in [1.29, 1.82) is 0 Å². The molecule has 1 heterocycles. The van der Waals surface area contributed by atoms with Crippen LogP contribution in [0.4, 0.5) is 13.6 Å². The fourth-order valence-electron chi connectivity index (χ4n) is 3.16. The van der Waals surface area contributed by atoms with Crippen molar-refractivity contribution in [3.05, 3.63) is 35.4 Å². The lowest BCUT2D eigenvalue weighted by Crippen LogP contribution is -2.50. The van der Waals surface area contributed by atoms with Crippen LogP contribution in [0.3, 0.4) is 0 Å². The number of piperidine rings is 1. The Hall–Kier alpha value is -1.69. The van der Waals surface area contributed by atoms with E-state index in [0.29, 0.717) is 18.5 Å². The van der Waals surface area contributed by atoms with Crippen LogP contribution in [0.1, 0.15) is 45.6 Å². The molecule has 24 heavy (non-hydrogen) atoms. The number of carbonyl (C=O) groups excluding carboxylic acids is 1. The number of ether oxygens (including phenoxy) is 1. The fraction of sp³-hybridized carbons (Fsp3) is 0.611. The number of hydrogen-bond donors (Lipinski definition) is 1. The van der Waals surface area contributed by atoms with Gasteiger partial charge in [-0.2, -0.15) is 0 Å². The number of rotatable bonds is 2. The van der Waals surface area contributed by atoms with E-state index in [9.17, 15) is 18.7 Å². The lowest BCUT2D eigenvalue weighted by atomic mass is 9.78. The van der Waals surface area contributed by atoms with Gasteiger partial charge in [0.05, 0.1) is 0 Å². The molecule has 0 aromatic heterocycles. The molecule has 4 nitrogen and oxygen atoms in total. The van der Waals surface area contributed by atoms with E-state index in [1.165, 1.54) is 6.07 Å². The van der Waals surface area contributed by atoms with Crippen LogP contribution in [0.15, 0.2) is 18.2 Å². The number of likely N-dealkylation sites (tertiary alicyclic amines) is 1. The molecule has 1 saturated heterocycles. The zero-order valence-corrected chi connectivity index (χ0v) is 14.6. The second-order valence-electron chi connectivity index (χ2n) is 7.44. The summed E-state index contributed by atoms with van der Waals surface area (Å²) in [6.45, 7) is 7.46. The van der Waals surface area contributed by atoms with Crippen LogP contribution >= 0.6 is 0 Å². The van der Waals surface area contributed by atoms with E-state index in [2.05, 4.69) is 0 Å². The maximum absolute atomic E-state index is 13.5. The molecule has 0 bridgehead atoms. The molecule has 1 aliphatic rings. The molecular formula is C18H25F2NO3. The number of amides is 1. The van der Waals surface area contributed by atoms with Gasteiger partial charge in [0.25, 0.3) is 0 Å². The highest BCUT2D eigenvalue weighted by atomic mass is 19.2. The third-order valence-electron chi connectivity index (χ3n) is 4.36. The summed E-state index contributed by atoms with van der Waals surface area (Å²) < 4.78 is 32.1. The van der Waals surface area contributed by atoms with E-state index in [4.69, 9.17) is 4.74 Å². The molecule has 1 amide bonds. The molecule has 0 radical (unpaired) electrons. The van der Waals surface area contributed by atoms with Gasteiger partial charge in [0.1, 0.15) is 5.60 Å². The van der Waals surface area contributed by atoms with Crippen LogP contribution in [-0.4, -0.2) is 40.9 Å². The third kappa shape index (κ3) is 4.23. The van der Waals surface area contributed by atoms with E-state index in [1.54, 1.807) is 31.7 Å². The second kappa shape index (κ2) is 7.05. The Kier molecular flexibility index (Phi) is 5.48. The van der Waals surface area contributed by atoms with Crippen molar-refractivity contribution in [1.82, 2.24) is 4.90 Å². The highest BCUT2D eigenvalue weighted by molar-refractivity contribution is 5.68. The van der Waals surface area contributed by atoms with Crippen LogP contribution in [0, 0.1) is 17.6 Å². The SMILES string of the molecule is C[C@H]1C[C@H](c2ccc(F)c(F)c2)[C@@H](CO)CN1C(=O)OC(C)(C)C. The van der Waals surface area contributed by atoms with Crippen molar-refractivity contribution in [2.75, 3.05) is 13.2 Å². The summed E-state index contributed by atoms with van der Waals surface area (Å²) in [7, 11) is 0. The molecule has 134 valence electrons. The minimum Gasteiger partial charge on any atom is -0.444 e. The fourth-order valence-corrected chi connectivity index (χ4v) is 3.16. The van der Waals surface area contributed by atoms with Crippen molar-refractivity contribution < 1.29 is 23.4 Å². The van der Waals surface area contributed by atoms with Crippen LogP contribution in [0.5, 0.6) is 0 Å². The van der Waals surface area contributed by atoms with Crippen LogP contribution in [-0.2, 0) is 4.74 Å². The van der Waals surface area contributed by atoms with E-state index in [1.807, 2.05) is 6.92 Å². The van der Waals surface area contributed by atoms with Gasteiger partial charge in [-0.05, 0) is 57.7 Å². The molecule has 1 aromatic carbocycles. The first-order chi connectivity index (χ1) is 11.1. The Morgan fingerprint density at radius 2 is 2.00 bits per heavy atom. The molecule has 1 aliphatic heterocycles. The Labute approximate surface area is 141 Å². The molecule has 6 heteroatoms. The van der Waals surface area contributed by atoms with Gasteiger partial charge in [0, 0.05) is 25.1 Å². The van der Waals surface area contributed by atoms with Crippen molar-refractivity contribution in [3.8, 4) is 0 Å². The smallest absolute Gasteiger partial charge is 0.410 e. The monoisotopic (exact) mass is 341 g/mol. The number of nitrogens with zero attached hydrogens (tertiary/aromatic N) is 1. The van der Waals surface area contributed by atoms with Gasteiger partial charge in [-0.25, -0.2) is 13.6 Å². The quantitative estimate of drug-likeness (QED) is 0.893. The maximum atomic E-state index is 13.5. The van der Waals surface area contributed by atoms with Gasteiger partial charge in [-0.15, -0.1) is 0 Å². The first kappa shape index (κ1) is 18.6. The number of halogens is 2. The van der Waals surface area contributed by atoms with Gasteiger partial charge >= 0.3 is 6.09 Å². The minimum atomic E-state index is -0.897. The van der Waals surface area contributed by atoms with Crippen LogP contribution in [0.25, 0.3) is 0 Å². The number of aliphatic hydroxyl groups is 1. The van der Waals surface area contributed by atoms with Crippen molar-refractivity contribution in [2.24, 2.45) is 5.92 Å². The molecule has 0 saturated carbocycles. The van der Waals surface area contributed by atoms with Gasteiger partial charge in [0.2, 0.25) is 0 Å². The van der Waals surface area contributed by atoms with E-state index in [0.717, 1.165) is 6.07 Å². The molecule has 1 fully saturated rings.